The summed E-state index contributed by atoms with van der Waals surface area (Å²) in [6, 6.07) is 0. The highest BCUT2D eigenvalue weighted by Crippen LogP contribution is 1.76. The number of hydrogen-bond acceptors (Lipinski definition) is 2. The first-order valence-corrected chi connectivity index (χ1v) is 2.77. The van der Waals surface area contributed by atoms with Crippen molar-refractivity contribution in [3.05, 3.63) is 24.3 Å². The molecule has 1 N–H and O–H groups in total. The summed E-state index contributed by atoms with van der Waals surface area (Å²) in [6.07, 6.45) is 7.45. The van der Waals surface area contributed by atoms with Crippen LogP contribution in [-0.2, 0) is 4.65 Å². The molecule has 0 spiro atoms. The third kappa shape index (κ3) is 7.46. The van der Waals surface area contributed by atoms with Crippen LogP contribution in [0.4, 0.5) is 0 Å². The van der Waals surface area contributed by atoms with E-state index in [4.69, 9.17) is 5.02 Å². The molecule has 0 aliphatic carbocycles. The standard InChI is InChI=1S/C6H10BO2/c1-2-3-4-5-6-9-7-8/h2-5,8H,6H2,1H3. The summed E-state index contributed by atoms with van der Waals surface area (Å²) in [6.45, 7) is 2.35. The van der Waals surface area contributed by atoms with Crippen molar-refractivity contribution in [2.24, 2.45) is 0 Å². The molecule has 9 heavy (non-hydrogen) atoms. The van der Waals surface area contributed by atoms with E-state index in [2.05, 4.69) is 4.65 Å². The van der Waals surface area contributed by atoms with Crippen molar-refractivity contribution < 1.29 is 9.68 Å². The number of allylic oxidation sites excluding steroid dienone is 3. The van der Waals surface area contributed by atoms with Crippen LogP contribution in [-0.4, -0.2) is 19.3 Å². The lowest BCUT2D eigenvalue weighted by molar-refractivity contribution is 0.320. The molecule has 0 rings (SSSR count). The van der Waals surface area contributed by atoms with Crippen LogP contribution in [0.2, 0.25) is 0 Å². The Morgan fingerprint density at radius 2 is 2.33 bits per heavy atom. The maximum Gasteiger partial charge on any atom is 0.485 e. The third-order valence-electron chi connectivity index (χ3n) is 0.707. The maximum atomic E-state index is 8.02. The van der Waals surface area contributed by atoms with Crippen LogP contribution >= 0.6 is 0 Å². The summed E-state index contributed by atoms with van der Waals surface area (Å²) in [5.74, 6) is 0. The Kier molecular flexibility index (Phi) is 7.02. The zero-order valence-electron chi connectivity index (χ0n) is 5.45. The first-order chi connectivity index (χ1) is 4.41. The third-order valence-corrected chi connectivity index (χ3v) is 0.707. The van der Waals surface area contributed by atoms with Crippen LogP contribution in [0.15, 0.2) is 24.3 Å². The SMILES string of the molecule is CC=CC=CCO[B]O. The summed E-state index contributed by atoms with van der Waals surface area (Å²) in [5.41, 5.74) is 0. The van der Waals surface area contributed by atoms with Crippen LogP contribution in [0, 0.1) is 0 Å². The Hall–Kier alpha value is -0.535. The Morgan fingerprint density at radius 3 is 2.89 bits per heavy atom. The normalized spacial score (nSPS) is 11.3. The molecule has 0 bridgehead atoms. The molecule has 0 saturated heterocycles. The van der Waals surface area contributed by atoms with E-state index in [1.54, 1.807) is 6.08 Å². The van der Waals surface area contributed by atoms with E-state index in [9.17, 15) is 0 Å². The molecule has 0 unspecified atom stereocenters. The van der Waals surface area contributed by atoms with Gasteiger partial charge >= 0.3 is 7.69 Å². The zero-order chi connectivity index (χ0) is 6.95. The molecule has 0 atom stereocenters. The Bertz CT molecular complexity index is 99.2. The van der Waals surface area contributed by atoms with Gasteiger partial charge in [0.15, 0.2) is 0 Å². The van der Waals surface area contributed by atoms with Gasteiger partial charge < -0.3 is 9.68 Å². The Morgan fingerprint density at radius 1 is 1.56 bits per heavy atom. The van der Waals surface area contributed by atoms with Gasteiger partial charge in [0.1, 0.15) is 0 Å². The van der Waals surface area contributed by atoms with Gasteiger partial charge in [-0.3, -0.25) is 0 Å². The van der Waals surface area contributed by atoms with Crippen LogP contribution in [0.1, 0.15) is 6.92 Å². The lowest BCUT2D eigenvalue weighted by Crippen LogP contribution is -1.95. The van der Waals surface area contributed by atoms with Crippen LogP contribution in [0.3, 0.4) is 0 Å². The fourth-order valence-electron chi connectivity index (χ4n) is 0.344. The number of rotatable bonds is 4. The lowest BCUT2D eigenvalue weighted by atomic mass is 10.4. The van der Waals surface area contributed by atoms with Crippen molar-refractivity contribution in [3.8, 4) is 0 Å². The summed E-state index contributed by atoms with van der Waals surface area (Å²) < 4.78 is 4.49. The lowest BCUT2D eigenvalue weighted by Gasteiger charge is -1.87. The Balaban J connectivity index is 3.04. The molecule has 0 aromatic heterocycles. The molecule has 3 heteroatoms. The largest absolute Gasteiger partial charge is 0.485 e. The molecule has 49 valence electrons. The van der Waals surface area contributed by atoms with Gasteiger partial charge in [-0.25, -0.2) is 0 Å². The first kappa shape index (κ1) is 8.46. The van der Waals surface area contributed by atoms with E-state index in [1.165, 1.54) is 0 Å². The van der Waals surface area contributed by atoms with E-state index >= 15 is 0 Å². The topological polar surface area (TPSA) is 29.5 Å². The average Bonchev–Trinajstić information content (AvgIpc) is 1.89. The fraction of sp³-hybridized carbons (Fsp3) is 0.333. The average molecular weight is 125 g/mol. The quantitative estimate of drug-likeness (QED) is 0.339. The molecule has 0 saturated carbocycles. The summed E-state index contributed by atoms with van der Waals surface area (Å²) in [7, 11) is 0.681. The molecule has 0 heterocycles. The fourth-order valence-corrected chi connectivity index (χ4v) is 0.344. The van der Waals surface area contributed by atoms with Gasteiger partial charge in [-0.1, -0.05) is 24.3 Å². The molecule has 0 fully saturated rings. The zero-order valence-corrected chi connectivity index (χ0v) is 5.45. The molecule has 0 aromatic carbocycles. The van der Waals surface area contributed by atoms with Crippen LogP contribution < -0.4 is 0 Å². The minimum absolute atomic E-state index is 0.418. The van der Waals surface area contributed by atoms with Gasteiger partial charge in [0.25, 0.3) is 0 Å². The molecule has 0 amide bonds. The molecule has 1 radical (unpaired) electrons. The van der Waals surface area contributed by atoms with Crippen molar-refractivity contribution >= 4 is 7.69 Å². The second-order valence-electron chi connectivity index (χ2n) is 1.39. The molecule has 2 nitrogen and oxygen atoms in total. The van der Waals surface area contributed by atoms with E-state index in [-0.39, 0.29) is 0 Å². The molecular weight excluding hydrogens is 115 g/mol. The van der Waals surface area contributed by atoms with E-state index < -0.39 is 0 Å². The van der Waals surface area contributed by atoms with Crippen LogP contribution in [0.5, 0.6) is 0 Å². The minimum Gasteiger partial charge on any atom is -0.429 e. The van der Waals surface area contributed by atoms with Gasteiger partial charge in [-0.2, -0.15) is 0 Å². The van der Waals surface area contributed by atoms with Gasteiger partial charge in [0.2, 0.25) is 0 Å². The maximum absolute atomic E-state index is 8.02. The second kappa shape index (κ2) is 7.46. The summed E-state index contributed by atoms with van der Waals surface area (Å²) in [4.78, 5) is 0. The predicted molar refractivity (Wildman–Crippen MR) is 37.9 cm³/mol. The van der Waals surface area contributed by atoms with E-state index in [0.29, 0.717) is 14.3 Å². The van der Waals surface area contributed by atoms with Gasteiger partial charge in [0.05, 0.1) is 0 Å². The number of hydrogen-bond donors (Lipinski definition) is 1. The highest BCUT2D eigenvalue weighted by atomic mass is 16.5. The molecule has 0 aromatic rings. The molecule has 0 aliphatic rings. The predicted octanol–water partition coefficient (Wildman–Crippen LogP) is 0.662. The van der Waals surface area contributed by atoms with Gasteiger partial charge in [0, 0.05) is 6.61 Å². The highest BCUT2D eigenvalue weighted by molar-refractivity contribution is 6.15. The Labute approximate surface area is 56.1 Å². The smallest absolute Gasteiger partial charge is 0.429 e. The van der Waals surface area contributed by atoms with Crippen molar-refractivity contribution in [3.63, 3.8) is 0 Å². The monoisotopic (exact) mass is 125 g/mol. The second-order valence-corrected chi connectivity index (χ2v) is 1.39. The molecule has 0 aliphatic heterocycles. The summed E-state index contributed by atoms with van der Waals surface area (Å²) >= 11 is 0. The molecular formula is C6H10BO2. The van der Waals surface area contributed by atoms with E-state index in [1.807, 2.05) is 25.2 Å². The minimum atomic E-state index is 0.418. The summed E-state index contributed by atoms with van der Waals surface area (Å²) in [5, 5.41) is 8.02. The van der Waals surface area contributed by atoms with Crippen molar-refractivity contribution in [1.29, 1.82) is 0 Å². The van der Waals surface area contributed by atoms with Crippen LogP contribution in [0.25, 0.3) is 0 Å². The first-order valence-electron chi connectivity index (χ1n) is 2.77. The van der Waals surface area contributed by atoms with Gasteiger partial charge in [-0.05, 0) is 6.92 Å². The van der Waals surface area contributed by atoms with Crippen molar-refractivity contribution in [2.75, 3.05) is 6.61 Å². The van der Waals surface area contributed by atoms with Gasteiger partial charge in [-0.15, -0.1) is 0 Å². The van der Waals surface area contributed by atoms with Crippen molar-refractivity contribution in [2.45, 2.75) is 6.92 Å². The highest BCUT2D eigenvalue weighted by Gasteiger charge is 1.78. The van der Waals surface area contributed by atoms with E-state index in [0.717, 1.165) is 0 Å². The van der Waals surface area contributed by atoms with Crippen molar-refractivity contribution in [1.82, 2.24) is 0 Å².